The van der Waals surface area contributed by atoms with Gasteiger partial charge in [-0.2, -0.15) is 11.8 Å². The van der Waals surface area contributed by atoms with Crippen molar-refractivity contribution in [2.45, 2.75) is 18.9 Å². The molecule has 1 atom stereocenters. The number of amides is 1. The highest BCUT2D eigenvalue weighted by atomic mass is 32.2. The van der Waals surface area contributed by atoms with E-state index in [0.29, 0.717) is 86.0 Å². The molecular weight excluding hydrogens is 512 g/mol. The van der Waals surface area contributed by atoms with Gasteiger partial charge in [-0.1, -0.05) is 0 Å². The number of benzene rings is 2. The van der Waals surface area contributed by atoms with Crippen LogP contribution in [0.1, 0.15) is 34.8 Å². The fourth-order valence-corrected chi connectivity index (χ4v) is 6.54. The van der Waals surface area contributed by atoms with Crippen molar-refractivity contribution in [2.24, 2.45) is 0 Å². The number of carbonyl (C=O) groups excluding carboxylic acids is 1. The number of thioether (sulfide) groups is 1. The van der Waals surface area contributed by atoms with Crippen LogP contribution in [0.5, 0.6) is 0 Å². The van der Waals surface area contributed by atoms with E-state index in [1.807, 2.05) is 32.5 Å². The van der Waals surface area contributed by atoms with E-state index < -0.39 is 11.6 Å². The molecule has 1 aromatic heterocycles. The minimum atomic E-state index is -0.649. The lowest BCUT2D eigenvalue weighted by Crippen LogP contribution is -2.38. The number of hydrogen-bond donors (Lipinski definition) is 0. The van der Waals surface area contributed by atoms with Crippen molar-refractivity contribution in [1.29, 1.82) is 0 Å². The van der Waals surface area contributed by atoms with E-state index in [1.165, 1.54) is 18.2 Å². The van der Waals surface area contributed by atoms with Gasteiger partial charge >= 0.3 is 0 Å². The van der Waals surface area contributed by atoms with Crippen LogP contribution in [0.25, 0.3) is 11.0 Å². The molecule has 3 saturated heterocycles. The van der Waals surface area contributed by atoms with Crippen molar-refractivity contribution in [3.8, 4) is 0 Å². The molecule has 2 aromatic carbocycles. The summed E-state index contributed by atoms with van der Waals surface area (Å²) >= 11 is 1.81. The molecule has 0 radical (unpaired) electrons. The molecule has 3 aliphatic heterocycles. The summed E-state index contributed by atoms with van der Waals surface area (Å²) < 4.78 is 40.2. The predicted molar refractivity (Wildman–Crippen MR) is 144 cm³/mol. The van der Waals surface area contributed by atoms with Crippen LogP contribution in [-0.4, -0.2) is 68.3 Å². The van der Waals surface area contributed by atoms with Gasteiger partial charge in [-0.3, -0.25) is 9.59 Å². The standard InChI is InChI=1S/C28H29F2N3O4S/c29-19-14-20(30)16-21(15-19)33-3-1-2-24(33)22-12-18(28(35)32-6-10-38-11-7-32)13-23-25(34)17-26(37-27(22)23)31-4-8-36-9-5-31/h12-17,24H,1-11H2. The molecule has 200 valence electrons. The summed E-state index contributed by atoms with van der Waals surface area (Å²) in [6.07, 6.45) is 1.48. The van der Waals surface area contributed by atoms with Crippen LogP contribution in [0, 0.1) is 11.6 Å². The van der Waals surface area contributed by atoms with E-state index in [9.17, 15) is 18.4 Å². The van der Waals surface area contributed by atoms with Gasteiger partial charge in [0.2, 0.25) is 0 Å². The van der Waals surface area contributed by atoms with Crippen LogP contribution in [0.15, 0.2) is 45.6 Å². The molecule has 3 aliphatic rings. The van der Waals surface area contributed by atoms with Gasteiger partial charge in [0.1, 0.15) is 17.2 Å². The van der Waals surface area contributed by atoms with Crippen molar-refractivity contribution in [3.63, 3.8) is 0 Å². The normalized spacial score (nSPS) is 20.4. The number of hydrogen-bond acceptors (Lipinski definition) is 7. The third kappa shape index (κ3) is 4.87. The van der Waals surface area contributed by atoms with Crippen molar-refractivity contribution < 1.29 is 22.7 Å². The molecule has 0 spiro atoms. The Bertz CT molecular complexity index is 1400. The van der Waals surface area contributed by atoms with Crippen LogP contribution < -0.4 is 15.2 Å². The molecule has 3 aromatic rings. The Morgan fingerprint density at radius 1 is 0.921 bits per heavy atom. The minimum absolute atomic E-state index is 0.119. The topological polar surface area (TPSA) is 66.2 Å². The molecule has 4 heterocycles. The van der Waals surface area contributed by atoms with Gasteiger partial charge in [0.15, 0.2) is 11.3 Å². The SMILES string of the molecule is O=C(c1cc(C2CCCN2c2cc(F)cc(F)c2)c2oc(N3CCOCC3)cc(=O)c2c1)N1CCSCC1. The molecule has 10 heteroatoms. The Morgan fingerprint density at radius 2 is 1.66 bits per heavy atom. The molecule has 1 amide bonds. The second kappa shape index (κ2) is 10.6. The van der Waals surface area contributed by atoms with Gasteiger partial charge < -0.3 is 23.9 Å². The van der Waals surface area contributed by atoms with Crippen LogP contribution in [0.4, 0.5) is 20.4 Å². The van der Waals surface area contributed by atoms with Crippen LogP contribution in [-0.2, 0) is 4.74 Å². The van der Waals surface area contributed by atoms with Gasteiger partial charge in [0, 0.05) is 73.2 Å². The number of nitrogens with zero attached hydrogens (tertiary/aromatic N) is 3. The third-order valence-corrected chi connectivity index (χ3v) is 8.45. The summed E-state index contributed by atoms with van der Waals surface area (Å²) in [4.78, 5) is 32.7. The lowest BCUT2D eigenvalue weighted by Gasteiger charge is -2.30. The number of carbonyl (C=O) groups is 1. The van der Waals surface area contributed by atoms with Crippen LogP contribution >= 0.6 is 11.8 Å². The molecule has 6 rings (SSSR count). The molecule has 0 saturated carbocycles. The summed E-state index contributed by atoms with van der Waals surface area (Å²) in [5.41, 5.74) is 1.74. The minimum Gasteiger partial charge on any atom is -0.440 e. The highest BCUT2D eigenvalue weighted by Gasteiger charge is 2.32. The van der Waals surface area contributed by atoms with Crippen molar-refractivity contribution >= 4 is 40.2 Å². The Hall–Kier alpha value is -3.11. The monoisotopic (exact) mass is 541 g/mol. The number of morpholine rings is 1. The van der Waals surface area contributed by atoms with E-state index in [1.54, 1.807) is 6.07 Å². The zero-order valence-corrected chi connectivity index (χ0v) is 21.8. The third-order valence-electron chi connectivity index (χ3n) is 7.50. The average Bonchev–Trinajstić information content (AvgIpc) is 3.43. The maximum absolute atomic E-state index is 14.2. The van der Waals surface area contributed by atoms with Gasteiger partial charge in [-0.15, -0.1) is 0 Å². The summed E-state index contributed by atoms with van der Waals surface area (Å²) in [5.74, 6) is 0.788. The Kier molecular flexibility index (Phi) is 7.01. The molecule has 3 fully saturated rings. The second-order valence-electron chi connectivity index (χ2n) is 9.87. The fraction of sp³-hybridized carbons (Fsp3) is 0.429. The highest BCUT2D eigenvalue weighted by molar-refractivity contribution is 7.99. The molecule has 1 unspecified atom stereocenters. The number of halogens is 2. The van der Waals surface area contributed by atoms with Gasteiger partial charge in [-0.25, -0.2) is 8.78 Å². The molecule has 7 nitrogen and oxygen atoms in total. The number of rotatable bonds is 4. The van der Waals surface area contributed by atoms with E-state index in [-0.39, 0.29) is 17.4 Å². The quantitative estimate of drug-likeness (QED) is 0.484. The zero-order valence-electron chi connectivity index (χ0n) is 21.0. The predicted octanol–water partition coefficient (Wildman–Crippen LogP) is 4.44. The van der Waals surface area contributed by atoms with Gasteiger partial charge in [0.05, 0.1) is 24.6 Å². The Morgan fingerprint density at radius 3 is 2.39 bits per heavy atom. The average molecular weight is 542 g/mol. The largest absolute Gasteiger partial charge is 0.440 e. The highest BCUT2D eigenvalue weighted by Crippen LogP contribution is 2.40. The van der Waals surface area contributed by atoms with Crippen LogP contribution in [0.2, 0.25) is 0 Å². The maximum atomic E-state index is 14.2. The van der Waals surface area contributed by atoms with Gasteiger partial charge in [-0.05, 0) is 37.1 Å². The van der Waals surface area contributed by atoms with E-state index >= 15 is 0 Å². The summed E-state index contributed by atoms with van der Waals surface area (Å²) in [7, 11) is 0. The zero-order chi connectivity index (χ0) is 26.2. The molecule has 0 N–H and O–H groups in total. The maximum Gasteiger partial charge on any atom is 0.253 e. The Balaban J connectivity index is 1.50. The van der Waals surface area contributed by atoms with Gasteiger partial charge in [0.25, 0.3) is 5.91 Å². The van der Waals surface area contributed by atoms with Crippen molar-refractivity contribution in [1.82, 2.24) is 4.90 Å². The molecular formula is C28H29F2N3O4S. The molecule has 0 aliphatic carbocycles. The lowest BCUT2D eigenvalue weighted by atomic mass is 9.97. The summed E-state index contributed by atoms with van der Waals surface area (Å²) in [6, 6.07) is 8.12. The van der Waals surface area contributed by atoms with Crippen LogP contribution in [0.3, 0.4) is 0 Å². The first-order valence-corrected chi connectivity index (χ1v) is 14.2. The number of anilines is 2. The van der Waals surface area contributed by atoms with E-state index in [4.69, 9.17) is 9.15 Å². The van der Waals surface area contributed by atoms with E-state index in [2.05, 4.69) is 0 Å². The second-order valence-corrected chi connectivity index (χ2v) is 11.1. The molecule has 38 heavy (non-hydrogen) atoms. The lowest BCUT2D eigenvalue weighted by molar-refractivity contribution is 0.0772. The Labute approximate surface area is 223 Å². The smallest absolute Gasteiger partial charge is 0.253 e. The van der Waals surface area contributed by atoms with Crippen molar-refractivity contribution in [3.05, 3.63) is 69.4 Å². The first kappa shape index (κ1) is 25.2. The summed E-state index contributed by atoms with van der Waals surface area (Å²) in [6.45, 7) is 4.18. The van der Waals surface area contributed by atoms with Crippen molar-refractivity contribution in [2.75, 3.05) is 67.2 Å². The first-order valence-electron chi connectivity index (χ1n) is 13.0. The van der Waals surface area contributed by atoms with E-state index in [0.717, 1.165) is 24.0 Å². The number of fused-ring (bicyclic) bond motifs is 1. The first-order chi connectivity index (χ1) is 18.5. The number of ether oxygens (including phenoxy) is 1. The molecule has 0 bridgehead atoms. The fourth-order valence-electron chi connectivity index (χ4n) is 5.64. The summed E-state index contributed by atoms with van der Waals surface area (Å²) in [5, 5.41) is 0.339.